The fraction of sp³-hybridized carbons (Fsp3) is 0.412. The number of benzene rings is 1. The fourth-order valence-corrected chi connectivity index (χ4v) is 4.17. The van der Waals surface area contributed by atoms with E-state index in [2.05, 4.69) is 0 Å². The third kappa shape index (κ3) is 1.64. The van der Waals surface area contributed by atoms with Crippen LogP contribution < -0.4 is 4.90 Å². The summed E-state index contributed by atoms with van der Waals surface area (Å²) in [6.45, 7) is 0.852. The van der Waals surface area contributed by atoms with Crippen LogP contribution in [0.25, 0.3) is 0 Å². The summed E-state index contributed by atoms with van der Waals surface area (Å²) in [5, 5.41) is 0. The SMILES string of the molecule is O=C1[C@H]2[C@H]3C=C[C@@](C4OCCO4)(O3)[C@H]2C(=O)N1c1ccc(F)cc1. The average molecular weight is 331 g/mol. The summed E-state index contributed by atoms with van der Waals surface area (Å²) in [5.41, 5.74) is -0.698. The maximum absolute atomic E-state index is 13.1. The maximum atomic E-state index is 13.1. The summed E-state index contributed by atoms with van der Waals surface area (Å²) in [5.74, 6) is -2.39. The van der Waals surface area contributed by atoms with Crippen LogP contribution in [0.4, 0.5) is 10.1 Å². The molecule has 24 heavy (non-hydrogen) atoms. The number of nitrogens with zero attached hydrogens (tertiary/aromatic N) is 1. The van der Waals surface area contributed by atoms with Crippen molar-refractivity contribution in [3.05, 3.63) is 42.2 Å². The molecule has 0 saturated carbocycles. The number of hydrogen-bond donors (Lipinski definition) is 0. The number of amides is 2. The number of ether oxygens (including phenoxy) is 3. The van der Waals surface area contributed by atoms with Gasteiger partial charge in [0, 0.05) is 0 Å². The number of carbonyl (C=O) groups excluding carboxylic acids is 2. The fourth-order valence-electron chi connectivity index (χ4n) is 4.17. The molecule has 3 fully saturated rings. The van der Waals surface area contributed by atoms with Crippen molar-refractivity contribution in [3.63, 3.8) is 0 Å². The van der Waals surface area contributed by atoms with E-state index in [0.29, 0.717) is 18.9 Å². The Morgan fingerprint density at radius 3 is 2.50 bits per heavy atom. The first-order valence-corrected chi connectivity index (χ1v) is 7.85. The zero-order chi connectivity index (χ0) is 16.5. The molecule has 0 radical (unpaired) electrons. The third-order valence-electron chi connectivity index (χ3n) is 5.15. The van der Waals surface area contributed by atoms with Crippen LogP contribution in [-0.2, 0) is 23.8 Å². The lowest BCUT2D eigenvalue weighted by Crippen LogP contribution is -2.49. The lowest BCUT2D eigenvalue weighted by atomic mass is 9.76. The first kappa shape index (κ1) is 14.3. The highest BCUT2D eigenvalue weighted by molar-refractivity contribution is 6.23. The van der Waals surface area contributed by atoms with E-state index in [1.807, 2.05) is 0 Å². The second-order valence-corrected chi connectivity index (χ2v) is 6.36. The van der Waals surface area contributed by atoms with Gasteiger partial charge in [0.2, 0.25) is 11.8 Å². The maximum Gasteiger partial charge on any atom is 0.241 e. The lowest BCUT2D eigenvalue weighted by Gasteiger charge is -2.32. The predicted molar refractivity (Wildman–Crippen MR) is 78.3 cm³/mol. The zero-order valence-electron chi connectivity index (χ0n) is 12.6. The van der Waals surface area contributed by atoms with Gasteiger partial charge in [-0.3, -0.25) is 9.59 Å². The quantitative estimate of drug-likeness (QED) is 0.598. The Morgan fingerprint density at radius 1 is 1.08 bits per heavy atom. The highest BCUT2D eigenvalue weighted by Crippen LogP contribution is 2.55. The smallest absolute Gasteiger partial charge is 0.241 e. The molecule has 2 bridgehead atoms. The van der Waals surface area contributed by atoms with Crippen molar-refractivity contribution < 1.29 is 28.2 Å². The molecule has 4 aliphatic rings. The van der Waals surface area contributed by atoms with E-state index >= 15 is 0 Å². The van der Waals surface area contributed by atoms with Crippen molar-refractivity contribution in [3.8, 4) is 0 Å². The number of fused-ring (bicyclic) bond motifs is 5. The Balaban J connectivity index is 1.56. The highest BCUT2D eigenvalue weighted by Gasteiger charge is 2.71. The molecule has 2 amide bonds. The van der Waals surface area contributed by atoms with Crippen molar-refractivity contribution >= 4 is 17.5 Å². The first-order valence-electron chi connectivity index (χ1n) is 7.85. The number of hydrogen-bond acceptors (Lipinski definition) is 5. The molecule has 0 spiro atoms. The Kier molecular flexibility index (Phi) is 2.81. The van der Waals surface area contributed by atoms with Gasteiger partial charge in [-0.25, -0.2) is 9.29 Å². The molecule has 3 saturated heterocycles. The van der Waals surface area contributed by atoms with Gasteiger partial charge in [-0.1, -0.05) is 6.08 Å². The van der Waals surface area contributed by atoms with Crippen molar-refractivity contribution in [1.82, 2.24) is 0 Å². The van der Waals surface area contributed by atoms with Crippen molar-refractivity contribution in [2.24, 2.45) is 11.8 Å². The van der Waals surface area contributed by atoms with Crippen molar-refractivity contribution in [2.45, 2.75) is 18.0 Å². The molecule has 4 atom stereocenters. The number of carbonyl (C=O) groups is 2. The van der Waals surface area contributed by atoms with E-state index in [-0.39, 0.29) is 11.8 Å². The molecule has 7 heteroatoms. The lowest BCUT2D eigenvalue weighted by molar-refractivity contribution is -0.180. The summed E-state index contributed by atoms with van der Waals surface area (Å²) < 4.78 is 30.3. The molecule has 4 heterocycles. The summed E-state index contributed by atoms with van der Waals surface area (Å²) >= 11 is 0. The van der Waals surface area contributed by atoms with Crippen LogP contribution in [-0.4, -0.2) is 43.0 Å². The first-order chi connectivity index (χ1) is 11.6. The van der Waals surface area contributed by atoms with Gasteiger partial charge < -0.3 is 14.2 Å². The van der Waals surface area contributed by atoms with E-state index in [9.17, 15) is 14.0 Å². The number of imide groups is 1. The Hall–Kier alpha value is -2.09. The van der Waals surface area contributed by atoms with Gasteiger partial charge in [-0.2, -0.15) is 0 Å². The monoisotopic (exact) mass is 331 g/mol. The minimum Gasteiger partial charge on any atom is -0.357 e. The summed E-state index contributed by atoms with van der Waals surface area (Å²) in [6.07, 6.45) is 2.42. The van der Waals surface area contributed by atoms with Crippen LogP contribution in [0, 0.1) is 17.7 Å². The third-order valence-corrected chi connectivity index (χ3v) is 5.15. The molecule has 124 valence electrons. The molecular formula is C17H14FNO5. The highest BCUT2D eigenvalue weighted by atomic mass is 19.1. The molecule has 1 aromatic rings. The predicted octanol–water partition coefficient (Wildman–Crippen LogP) is 1.01. The zero-order valence-corrected chi connectivity index (χ0v) is 12.6. The van der Waals surface area contributed by atoms with Gasteiger partial charge in [0.15, 0.2) is 11.9 Å². The van der Waals surface area contributed by atoms with Crippen LogP contribution >= 0.6 is 0 Å². The van der Waals surface area contributed by atoms with Gasteiger partial charge in [-0.15, -0.1) is 0 Å². The van der Waals surface area contributed by atoms with Crippen LogP contribution in [0.3, 0.4) is 0 Å². The summed E-state index contributed by atoms with van der Waals surface area (Å²) in [7, 11) is 0. The molecule has 4 aliphatic heterocycles. The van der Waals surface area contributed by atoms with Gasteiger partial charge in [0.1, 0.15) is 5.82 Å². The van der Waals surface area contributed by atoms with E-state index in [1.165, 1.54) is 24.3 Å². The average Bonchev–Trinajstić information content (AvgIpc) is 3.33. The minimum atomic E-state index is -1.06. The molecule has 0 aromatic heterocycles. The number of halogens is 1. The van der Waals surface area contributed by atoms with E-state index < -0.39 is 35.6 Å². The topological polar surface area (TPSA) is 65.1 Å². The standard InChI is InChI=1S/C17H14FNO5/c18-9-1-3-10(4-2-9)19-14(20)12-11-5-6-17(24-11,13(12)15(19)21)16-22-7-8-23-16/h1-6,11-13,16H,7-8H2/t11-,12+,13-,17-/m1/s1. The summed E-state index contributed by atoms with van der Waals surface area (Å²) in [4.78, 5) is 27.0. The van der Waals surface area contributed by atoms with Crippen LogP contribution in [0.15, 0.2) is 36.4 Å². The Morgan fingerprint density at radius 2 is 1.79 bits per heavy atom. The molecule has 0 aliphatic carbocycles. The number of rotatable bonds is 2. The van der Waals surface area contributed by atoms with Gasteiger partial charge >= 0.3 is 0 Å². The van der Waals surface area contributed by atoms with Crippen molar-refractivity contribution in [1.29, 1.82) is 0 Å². The van der Waals surface area contributed by atoms with Gasteiger partial charge in [0.05, 0.1) is 36.8 Å². The molecule has 1 aromatic carbocycles. The normalized spacial score (nSPS) is 37.7. The molecule has 0 N–H and O–H groups in total. The Bertz CT molecular complexity index is 757. The largest absolute Gasteiger partial charge is 0.357 e. The van der Waals surface area contributed by atoms with Gasteiger partial charge in [0.25, 0.3) is 0 Å². The molecular weight excluding hydrogens is 317 g/mol. The van der Waals surface area contributed by atoms with E-state index in [0.717, 1.165) is 4.90 Å². The minimum absolute atomic E-state index is 0.328. The molecule has 5 rings (SSSR count). The van der Waals surface area contributed by atoms with Crippen molar-refractivity contribution in [2.75, 3.05) is 18.1 Å². The second kappa shape index (κ2) is 4.72. The van der Waals surface area contributed by atoms with Crippen LogP contribution in [0.1, 0.15) is 0 Å². The summed E-state index contributed by atoms with van der Waals surface area (Å²) in [6, 6.07) is 5.31. The number of anilines is 1. The second-order valence-electron chi connectivity index (χ2n) is 6.36. The Labute approximate surface area is 136 Å². The van der Waals surface area contributed by atoms with Crippen LogP contribution in [0.2, 0.25) is 0 Å². The van der Waals surface area contributed by atoms with E-state index in [1.54, 1.807) is 12.2 Å². The van der Waals surface area contributed by atoms with E-state index in [4.69, 9.17) is 14.2 Å². The molecule has 0 unspecified atom stereocenters. The van der Waals surface area contributed by atoms with Gasteiger partial charge in [-0.05, 0) is 30.3 Å². The molecule has 6 nitrogen and oxygen atoms in total. The van der Waals surface area contributed by atoms with Crippen LogP contribution in [0.5, 0.6) is 0 Å².